The summed E-state index contributed by atoms with van der Waals surface area (Å²) in [5.41, 5.74) is 0.678. The summed E-state index contributed by atoms with van der Waals surface area (Å²) in [6.07, 6.45) is 9.99. The third-order valence-electron chi connectivity index (χ3n) is 8.35. The highest BCUT2D eigenvalue weighted by atomic mass is 16.5. The van der Waals surface area contributed by atoms with Gasteiger partial charge in [0.1, 0.15) is 6.29 Å². The largest absolute Gasteiger partial charge is 0.466 e. The Labute approximate surface area is 155 Å². The van der Waals surface area contributed by atoms with E-state index in [1.54, 1.807) is 6.08 Å². The van der Waals surface area contributed by atoms with Gasteiger partial charge in [-0.1, -0.05) is 12.5 Å². The molecule has 142 valence electrons. The summed E-state index contributed by atoms with van der Waals surface area (Å²) < 4.78 is 5.37. The number of fused-ring (bicyclic) bond motifs is 5. The number of hydrogen-bond donors (Lipinski definition) is 0. The van der Waals surface area contributed by atoms with E-state index in [-0.39, 0.29) is 23.1 Å². The molecule has 0 heterocycles. The van der Waals surface area contributed by atoms with E-state index in [4.69, 9.17) is 4.74 Å². The minimum Gasteiger partial charge on any atom is -0.466 e. The Morgan fingerprint density at radius 2 is 2.00 bits per heavy atom. The number of esters is 1. The van der Waals surface area contributed by atoms with Gasteiger partial charge in [-0.15, -0.1) is 0 Å². The van der Waals surface area contributed by atoms with Crippen LogP contribution in [0.4, 0.5) is 0 Å². The SMILES string of the molecule is CCOC(=O)[C@@H]1CC[C@@H]2[C@H]3CCC4=CC(=O)CC[C@]4(C=O)[C@@H]3CC[C@]21C. The molecule has 3 saturated carbocycles. The zero-order valence-electron chi connectivity index (χ0n) is 16.0. The Kier molecular flexibility index (Phi) is 4.36. The smallest absolute Gasteiger partial charge is 0.309 e. The van der Waals surface area contributed by atoms with Gasteiger partial charge < -0.3 is 9.53 Å². The van der Waals surface area contributed by atoms with Crippen LogP contribution in [0.3, 0.4) is 0 Å². The van der Waals surface area contributed by atoms with Crippen LogP contribution in [-0.2, 0) is 19.1 Å². The van der Waals surface area contributed by atoms with Crippen molar-refractivity contribution in [3.8, 4) is 0 Å². The van der Waals surface area contributed by atoms with Gasteiger partial charge in [-0.05, 0) is 81.1 Å². The predicted molar refractivity (Wildman–Crippen MR) is 97.2 cm³/mol. The summed E-state index contributed by atoms with van der Waals surface area (Å²) in [5, 5.41) is 0. The molecule has 4 nitrogen and oxygen atoms in total. The Bertz CT molecular complexity index is 665. The lowest BCUT2D eigenvalue weighted by Gasteiger charge is -2.57. The average molecular weight is 358 g/mol. The van der Waals surface area contributed by atoms with Crippen LogP contribution in [0.25, 0.3) is 0 Å². The van der Waals surface area contributed by atoms with Crippen LogP contribution >= 0.6 is 0 Å². The Balaban J connectivity index is 1.65. The minimum absolute atomic E-state index is 0.00317. The van der Waals surface area contributed by atoms with Crippen LogP contribution in [0.5, 0.6) is 0 Å². The number of carbonyl (C=O) groups is 3. The van der Waals surface area contributed by atoms with E-state index in [0.29, 0.717) is 37.2 Å². The van der Waals surface area contributed by atoms with Gasteiger partial charge in [0.2, 0.25) is 0 Å². The second kappa shape index (κ2) is 6.31. The van der Waals surface area contributed by atoms with Crippen molar-refractivity contribution in [1.82, 2.24) is 0 Å². The average Bonchev–Trinajstić information content (AvgIpc) is 2.99. The van der Waals surface area contributed by atoms with Gasteiger partial charge in [-0.25, -0.2) is 0 Å². The highest BCUT2D eigenvalue weighted by Gasteiger charge is 2.61. The van der Waals surface area contributed by atoms with E-state index in [9.17, 15) is 14.4 Å². The molecule has 0 amide bonds. The van der Waals surface area contributed by atoms with Gasteiger partial charge >= 0.3 is 5.97 Å². The molecular formula is C22H30O4. The van der Waals surface area contributed by atoms with Crippen molar-refractivity contribution in [2.75, 3.05) is 6.61 Å². The van der Waals surface area contributed by atoms with Crippen molar-refractivity contribution in [1.29, 1.82) is 0 Å². The number of hydrogen-bond acceptors (Lipinski definition) is 4. The maximum Gasteiger partial charge on any atom is 0.309 e. The molecule has 0 aromatic rings. The van der Waals surface area contributed by atoms with E-state index in [1.165, 1.54) is 6.29 Å². The molecular weight excluding hydrogens is 328 g/mol. The maximum atomic E-state index is 12.5. The van der Waals surface area contributed by atoms with Gasteiger partial charge in [0, 0.05) is 6.42 Å². The lowest BCUT2D eigenvalue weighted by Crippen LogP contribution is -2.52. The van der Waals surface area contributed by atoms with E-state index >= 15 is 0 Å². The minimum atomic E-state index is -0.416. The third kappa shape index (κ3) is 2.36. The first kappa shape index (κ1) is 17.9. The van der Waals surface area contributed by atoms with E-state index in [1.807, 2.05) is 6.92 Å². The molecule has 4 heteroatoms. The Hall–Kier alpha value is -1.45. The first-order chi connectivity index (χ1) is 12.5. The summed E-state index contributed by atoms with van der Waals surface area (Å²) in [4.78, 5) is 36.7. The lowest BCUT2D eigenvalue weighted by molar-refractivity contribution is -0.156. The van der Waals surface area contributed by atoms with Gasteiger partial charge in [-0.3, -0.25) is 9.59 Å². The molecule has 0 spiro atoms. The first-order valence-electron chi connectivity index (χ1n) is 10.3. The molecule has 4 aliphatic rings. The van der Waals surface area contributed by atoms with Crippen molar-refractivity contribution in [3.63, 3.8) is 0 Å². The van der Waals surface area contributed by atoms with Crippen LogP contribution in [0.2, 0.25) is 0 Å². The molecule has 0 aromatic carbocycles. The summed E-state index contributed by atoms with van der Waals surface area (Å²) in [5.74, 6) is 1.48. The van der Waals surface area contributed by atoms with Crippen molar-refractivity contribution < 1.29 is 19.1 Å². The fourth-order valence-corrected chi connectivity index (χ4v) is 7.12. The summed E-state index contributed by atoms with van der Waals surface area (Å²) >= 11 is 0. The van der Waals surface area contributed by atoms with E-state index < -0.39 is 5.41 Å². The zero-order valence-corrected chi connectivity index (χ0v) is 16.0. The molecule has 3 fully saturated rings. The normalized spacial score (nSPS) is 44.4. The Morgan fingerprint density at radius 1 is 1.19 bits per heavy atom. The van der Waals surface area contributed by atoms with E-state index in [2.05, 4.69) is 6.92 Å². The fraction of sp³-hybridized carbons (Fsp3) is 0.773. The zero-order chi connectivity index (χ0) is 18.5. The molecule has 0 N–H and O–H groups in total. The standard InChI is InChI=1S/C22H30O4/c1-3-26-20(25)19-7-6-17-16-5-4-14-12-15(24)8-11-22(14,13-23)18(16)9-10-21(17,19)2/h12-13,16-19H,3-11H2,1-2H3/t16-,17-,18-,19+,21-,22-/m1/s1. The molecule has 0 unspecified atom stereocenters. The number of carbonyl (C=O) groups excluding carboxylic acids is 3. The number of allylic oxidation sites excluding steroid dienone is 1. The first-order valence-corrected chi connectivity index (χ1v) is 10.3. The summed E-state index contributed by atoms with van der Waals surface area (Å²) in [6, 6.07) is 0. The number of ether oxygens (including phenoxy) is 1. The van der Waals surface area contributed by atoms with Crippen molar-refractivity contribution in [3.05, 3.63) is 11.6 Å². The molecule has 0 saturated heterocycles. The molecule has 4 rings (SSSR count). The van der Waals surface area contributed by atoms with Crippen LogP contribution in [0, 0.1) is 34.5 Å². The van der Waals surface area contributed by atoms with Gasteiger partial charge in [-0.2, -0.15) is 0 Å². The van der Waals surface area contributed by atoms with Crippen LogP contribution in [0.15, 0.2) is 11.6 Å². The number of ketones is 1. The lowest BCUT2D eigenvalue weighted by atomic mass is 9.46. The molecule has 6 atom stereocenters. The summed E-state index contributed by atoms with van der Waals surface area (Å²) in [6.45, 7) is 4.60. The topological polar surface area (TPSA) is 60.4 Å². The maximum absolute atomic E-state index is 12.5. The number of rotatable bonds is 3. The fourth-order valence-electron chi connectivity index (χ4n) is 7.12. The molecule has 0 bridgehead atoms. The second-order valence-corrected chi connectivity index (χ2v) is 9.14. The highest BCUT2D eigenvalue weighted by Crippen LogP contribution is 2.66. The Morgan fingerprint density at radius 3 is 2.73 bits per heavy atom. The molecule has 0 radical (unpaired) electrons. The van der Waals surface area contributed by atoms with E-state index in [0.717, 1.165) is 44.1 Å². The molecule has 0 aliphatic heterocycles. The predicted octanol–water partition coefficient (Wildman–Crippen LogP) is 3.88. The van der Waals surface area contributed by atoms with Crippen LogP contribution in [-0.4, -0.2) is 24.6 Å². The third-order valence-corrected chi connectivity index (χ3v) is 8.35. The van der Waals surface area contributed by atoms with Crippen LogP contribution < -0.4 is 0 Å². The van der Waals surface area contributed by atoms with Gasteiger partial charge in [0.15, 0.2) is 5.78 Å². The van der Waals surface area contributed by atoms with Crippen molar-refractivity contribution in [2.24, 2.45) is 34.5 Å². The van der Waals surface area contributed by atoms with Crippen LogP contribution in [0.1, 0.15) is 65.2 Å². The molecule has 4 aliphatic carbocycles. The van der Waals surface area contributed by atoms with Crippen molar-refractivity contribution in [2.45, 2.75) is 65.2 Å². The molecule has 0 aromatic heterocycles. The van der Waals surface area contributed by atoms with Gasteiger partial charge in [0.05, 0.1) is 17.9 Å². The summed E-state index contributed by atoms with van der Waals surface area (Å²) in [7, 11) is 0. The van der Waals surface area contributed by atoms with Gasteiger partial charge in [0.25, 0.3) is 0 Å². The second-order valence-electron chi connectivity index (χ2n) is 9.14. The van der Waals surface area contributed by atoms with Crippen molar-refractivity contribution >= 4 is 18.0 Å². The monoisotopic (exact) mass is 358 g/mol. The number of aldehydes is 1. The highest BCUT2D eigenvalue weighted by molar-refractivity contribution is 5.93. The molecule has 26 heavy (non-hydrogen) atoms. The quantitative estimate of drug-likeness (QED) is 0.567.